The molecule has 3 fully saturated rings. The molecule has 0 radical (unpaired) electrons. The van der Waals surface area contributed by atoms with E-state index in [0.29, 0.717) is 19.6 Å². The highest BCUT2D eigenvalue weighted by atomic mass is 19.3. The number of fused-ring (bicyclic) bond motifs is 1. The van der Waals surface area contributed by atoms with Crippen LogP contribution in [0.25, 0.3) is 0 Å². The van der Waals surface area contributed by atoms with Gasteiger partial charge in [-0.1, -0.05) is 0 Å². The second kappa shape index (κ2) is 2.96. The number of alkyl halides is 2. The van der Waals surface area contributed by atoms with E-state index >= 15 is 0 Å². The van der Waals surface area contributed by atoms with Crippen molar-refractivity contribution in [2.75, 3.05) is 19.7 Å². The van der Waals surface area contributed by atoms with E-state index in [1.165, 1.54) is 0 Å². The Labute approximate surface area is 94.9 Å². The Morgan fingerprint density at radius 1 is 1.31 bits per heavy atom. The van der Waals surface area contributed by atoms with Gasteiger partial charge in [-0.25, -0.2) is 8.78 Å². The topological polar surface area (TPSA) is 12.5 Å². The Balaban J connectivity index is 1.69. The number of nitrogens with zero attached hydrogens (tertiary/aromatic N) is 1. The number of hydrogen-bond acceptors (Lipinski definition) is 2. The predicted octanol–water partition coefficient (Wildman–Crippen LogP) is 2.29. The highest BCUT2D eigenvalue weighted by Crippen LogP contribution is 2.70. The molecule has 2 atom stereocenters. The van der Waals surface area contributed by atoms with Crippen molar-refractivity contribution in [1.29, 1.82) is 0 Å². The van der Waals surface area contributed by atoms with E-state index in [1.807, 2.05) is 13.8 Å². The molecule has 1 spiro atoms. The zero-order valence-electron chi connectivity index (χ0n) is 9.93. The molecule has 2 nitrogen and oxygen atoms in total. The minimum atomic E-state index is -2.41. The minimum absolute atomic E-state index is 0.0514. The molecule has 16 heavy (non-hydrogen) atoms. The first-order chi connectivity index (χ1) is 7.39. The van der Waals surface area contributed by atoms with Crippen LogP contribution in [-0.4, -0.2) is 42.2 Å². The lowest BCUT2D eigenvalue weighted by atomic mass is 9.83. The Kier molecular flexibility index (Phi) is 2.02. The van der Waals surface area contributed by atoms with Gasteiger partial charge in [-0.2, -0.15) is 0 Å². The monoisotopic (exact) mass is 231 g/mol. The fourth-order valence-electron chi connectivity index (χ4n) is 3.36. The summed E-state index contributed by atoms with van der Waals surface area (Å²) >= 11 is 0. The largest absolute Gasteiger partial charge is 0.377 e. The van der Waals surface area contributed by atoms with Crippen LogP contribution in [0.4, 0.5) is 8.78 Å². The Morgan fingerprint density at radius 2 is 2.00 bits per heavy atom. The summed E-state index contributed by atoms with van der Waals surface area (Å²) in [6, 6.07) is 0. The first kappa shape index (κ1) is 10.9. The van der Waals surface area contributed by atoms with E-state index in [-0.39, 0.29) is 18.1 Å². The van der Waals surface area contributed by atoms with Crippen LogP contribution < -0.4 is 0 Å². The van der Waals surface area contributed by atoms with Crippen molar-refractivity contribution < 1.29 is 13.5 Å². The van der Waals surface area contributed by atoms with Gasteiger partial charge < -0.3 is 4.74 Å². The van der Waals surface area contributed by atoms with Crippen molar-refractivity contribution in [3.8, 4) is 0 Å². The molecule has 2 aliphatic heterocycles. The Hall–Kier alpha value is -0.220. The SMILES string of the molecule is CC(C)OC[C@]12CCN1CC1(CC1(F)F)C2. The molecular formula is C12H19F2NO. The summed E-state index contributed by atoms with van der Waals surface area (Å²) in [6.07, 6.45) is 1.95. The molecule has 1 aliphatic carbocycles. The maximum absolute atomic E-state index is 13.4. The molecule has 4 heteroatoms. The van der Waals surface area contributed by atoms with Crippen molar-refractivity contribution in [2.45, 2.75) is 50.7 Å². The smallest absolute Gasteiger partial charge is 0.255 e. The number of rotatable bonds is 3. The van der Waals surface area contributed by atoms with Crippen molar-refractivity contribution in [2.24, 2.45) is 5.41 Å². The zero-order chi connectivity index (χ0) is 11.6. The van der Waals surface area contributed by atoms with Gasteiger partial charge in [-0.15, -0.1) is 0 Å². The van der Waals surface area contributed by atoms with Crippen molar-refractivity contribution in [3.05, 3.63) is 0 Å². The van der Waals surface area contributed by atoms with E-state index in [0.717, 1.165) is 13.0 Å². The molecule has 3 rings (SSSR count). The van der Waals surface area contributed by atoms with E-state index < -0.39 is 11.3 Å². The van der Waals surface area contributed by atoms with Crippen LogP contribution in [0.15, 0.2) is 0 Å². The minimum Gasteiger partial charge on any atom is -0.377 e. The molecule has 2 heterocycles. The van der Waals surface area contributed by atoms with Gasteiger partial charge in [0, 0.05) is 25.0 Å². The van der Waals surface area contributed by atoms with Crippen LogP contribution in [-0.2, 0) is 4.74 Å². The quantitative estimate of drug-likeness (QED) is 0.739. The lowest BCUT2D eigenvalue weighted by Crippen LogP contribution is -2.58. The Morgan fingerprint density at radius 3 is 2.44 bits per heavy atom. The van der Waals surface area contributed by atoms with Crippen LogP contribution in [0.2, 0.25) is 0 Å². The van der Waals surface area contributed by atoms with E-state index in [9.17, 15) is 8.78 Å². The summed E-state index contributed by atoms with van der Waals surface area (Å²) in [7, 11) is 0. The maximum atomic E-state index is 13.4. The average molecular weight is 231 g/mol. The third kappa shape index (κ3) is 1.29. The van der Waals surface area contributed by atoms with Crippen molar-refractivity contribution in [3.63, 3.8) is 0 Å². The van der Waals surface area contributed by atoms with E-state index in [4.69, 9.17) is 4.74 Å². The number of ether oxygens (including phenoxy) is 1. The summed E-state index contributed by atoms with van der Waals surface area (Å²) < 4.78 is 32.4. The summed E-state index contributed by atoms with van der Waals surface area (Å²) in [5.41, 5.74) is -0.742. The normalized spacial score (nSPS) is 44.8. The molecule has 92 valence electrons. The van der Waals surface area contributed by atoms with Gasteiger partial charge in [0.25, 0.3) is 5.92 Å². The highest BCUT2D eigenvalue weighted by Gasteiger charge is 2.78. The molecule has 0 N–H and O–H groups in total. The second-order valence-electron chi connectivity index (χ2n) is 6.09. The zero-order valence-corrected chi connectivity index (χ0v) is 9.93. The predicted molar refractivity (Wildman–Crippen MR) is 56.6 cm³/mol. The number of hydrogen-bond donors (Lipinski definition) is 0. The van der Waals surface area contributed by atoms with Crippen LogP contribution in [0.3, 0.4) is 0 Å². The maximum Gasteiger partial charge on any atom is 0.255 e. The summed E-state index contributed by atoms with van der Waals surface area (Å²) in [6.45, 7) is 6.18. The van der Waals surface area contributed by atoms with Gasteiger partial charge in [0.05, 0.1) is 18.1 Å². The lowest BCUT2D eigenvalue weighted by molar-refractivity contribution is -0.0648. The van der Waals surface area contributed by atoms with Gasteiger partial charge in [-0.3, -0.25) is 4.90 Å². The highest BCUT2D eigenvalue weighted by molar-refractivity contribution is 5.23. The number of halogens is 2. The third-order valence-electron chi connectivity index (χ3n) is 4.58. The lowest BCUT2D eigenvalue weighted by Gasteiger charge is -2.48. The molecule has 1 saturated carbocycles. The van der Waals surface area contributed by atoms with E-state index in [1.54, 1.807) is 0 Å². The molecule has 1 unspecified atom stereocenters. The molecule has 2 saturated heterocycles. The summed E-state index contributed by atoms with van der Waals surface area (Å²) in [5, 5.41) is 0. The first-order valence-electron chi connectivity index (χ1n) is 6.14. The van der Waals surface area contributed by atoms with Gasteiger partial charge >= 0.3 is 0 Å². The summed E-state index contributed by atoms with van der Waals surface area (Å²) in [5.74, 6) is -2.41. The molecule has 0 aromatic rings. The van der Waals surface area contributed by atoms with Gasteiger partial charge in [0.15, 0.2) is 0 Å². The molecule has 0 amide bonds. The third-order valence-corrected chi connectivity index (χ3v) is 4.58. The van der Waals surface area contributed by atoms with Crippen molar-refractivity contribution in [1.82, 2.24) is 4.90 Å². The van der Waals surface area contributed by atoms with Gasteiger partial charge in [0.2, 0.25) is 0 Å². The second-order valence-corrected chi connectivity index (χ2v) is 6.09. The first-order valence-corrected chi connectivity index (χ1v) is 6.14. The van der Waals surface area contributed by atoms with Crippen LogP contribution >= 0.6 is 0 Å². The molecule has 3 aliphatic rings. The van der Waals surface area contributed by atoms with Gasteiger partial charge in [-0.05, 0) is 26.7 Å². The molecular weight excluding hydrogens is 212 g/mol. The molecule has 0 aromatic carbocycles. The van der Waals surface area contributed by atoms with Crippen LogP contribution in [0.5, 0.6) is 0 Å². The molecule has 0 bridgehead atoms. The fraction of sp³-hybridized carbons (Fsp3) is 1.00. The van der Waals surface area contributed by atoms with Gasteiger partial charge in [0.1, 0.15) is 0 Å². The summed E-state index contributed by atoms with van der Waals surface area (Å²) in [4.78, 5) is 2.22. The standard InChI is InChI=1S/C12H19F2NO/c1-9(2)16-8-11-3-4-15(11)7-10(5-11)6-12(10,13)14/h9H,3-8H2,1-2H3/t10?,11-/m1/s1. The fourth-order valence-corrected chi connectivity index (χ4v) is 3.36. The van der Waals surface area contributed by atoms with Crippen molar-refractivity contribution >= 4 is 0 Å². The Bertz CT molecular complexity index is 320. The van der Waals surface area contributed by atoms with Crippen LogP contribution in [0, 0.1) is 5.41 Å². The average Bonchev–Trinajstić information content (AvgIpc) is 2.61. The van der Waals surface area contributed by atoms with Crippen LogP contribution in [0.1, 0.15) is 33.1 Å². The molecule has 0 aromatic heterocycles. The van der Waals surface area contributed by atoms with E-state index in [2.05, 4.69) is 4.90 Å².